The van der Waals surface area contributed by atoms with Crippen molar-refractivity contribution in [2.75, 3.05) is 13.1 Å². The number of carbonyl (C=O) groups is 1. The van der Waals surface area contributed by atoms with Crippen molar-refractivity contribution in [2.45, 2.75) is 24.7 Å². The van der Waals surface area contributed by atoms with Gasteiger partial charge in [-0.15, -0.1) is 0 Å². The number of piperidine rings is 1. The van der Waals surface area contributed by atoms with Gasteiger partial charge < -0.3 is 4.90 Å². The summed E-state index contributed by atoms with van der Waals surface area (Å²) in [6, 6.07) is 9.15. The summed E-state index contributed by atoms with van der Waals surface area (Å²) >= 11 is 5.92. The maximum absolute atomic E-state index is 13.1. The van der Waals surface area contributed by atoms with Crippen LogP contribution in [-0.4, -0.2) is 34.9 Å². The summed E-state index contributed by atoms with van der Waals surface area (Å²) in [4.78, 5) is 18.8. The van der Waals surface area contributed by atoms with Crippen molar-refractivity contribution in [2.24, 2.45) is 5.92 Å². The summed E-state index contributed by atoms with van der Waals surface area (Å²) in [5.74, 6) is -0.256. The van der Waals surface area contributed by atoms with Gasteiger partial charge in [0.15, 0.2) is 0 Å². The number of hydrogen-bond donors (Lipinski definition) is 2. The molecule has 3 unspecified atom stereocenters. The molecular weight excluding hydrogens is 393 g/mol. The van der Waals surface area contributed by atoms with Crippen LogP contribution in [0, 0.1) is 5.92 Å². The Hall–Kier alpha value is -2.16. The van der Waals surface area contributed by atoms with E-state index >= 15 is 0 Å². The van der Waals surface area contributed by atoms with Crippen LogP contribution in [-0.2, 0) is 6.18 Å². The number of rotatable bonds is 2. The molecule has 2 aliphatic rings. The molecule has 148 valence electrons. The van der Waals surface area contributed by atoms with E-state index in [1.807, 2.05) is 18.2 Å². The van der Waals surface area contributed by atoms with E-state index in [0.717, 1.165) is 11.8 Å². The first kappa shape index (κ1) is 19.2. The molecule has 1 amide bonds. The van der Waals surface area contributed by atoms with Crippen molar-refractivity contribution in [3.8, 4) is 0 Å². The summed E-state index contributed by atoms with van der Waals surface area (Å²) < 4.78 is 39.2. The minimum Gasteiger partial charge on any atom is -0.337 e. The van der Waals surface area contributed by atoms with E-state index in [4.69, 9.17) is 11.6 Å². The lowest BCUT2D eigenvalue weighted by Gasteiger charge is -2.36. The molecule has 0 radical (unpaired) electrons. The van der Waals surface area contributed by atoms with Crippen LogP contribution in [0.5, 0.6) is 0 Å². The number of alkyl halides is 3. The molecular formula is C19H18ClF3N4O. The highest BCUT2D eigenvalue weighted by Gasteiger charge is 2.42. The number of hydrogen-bond acceptors (Lipinski definition) is 4. The monoisotopic (exact) mass is 410 g/mol. The zero-order valence-electron chi connectivity index (χ0n) is 14.7. The molecule has 1 aromatic heterocycles. The van der Waals surface area contributed by atoms with Crippen LogP contribution in [0.2, 0.25) is 5.02 Å². The van der Waals surface area contributed by atoms with Crippen LogP contribution < -0.4 is 10.9 Å². The smallest absolute Gasteiger partial charge is 0.337 e. The van der Waals surface area contributed by atoms with Crippen molar-refractivity contribution in [1.82, 2.24) is 20.7 Å². The Morgan fingerprint density at radius 2 is 2.00 bits per heavy atom. The summed E-state index contributed by atoms with van der Waals surface area (Å²) in [7, 11) is 0. The predicted octanol–water partition coefficient (Wildman–Crippen LogP) is 3.43. The summed E-state index contributed by atoms with van der Waals surface area (Å²) in [5.41, 5.74) is 6.23. The lowest BCUT2D eigenvalue weighted by atomic mass is 9.85. The zero-order chi connectivity index (χ0) is 19.9. The van der Waals surface area contributed by atoms with Gasteiger partial charge in [-0.1, -0.05) is 23.7 Å². The number of aromatic nitrogens is 1. The lowest BCUT2D eigenvalue weighted by Crippen LogP contribution is -2.49. The fourth-order valence-electron chi connectivity index (χ4n) is 3.95. The molecule has 2 fully saturated rings. The van der Waals surface area contributed by atoms with Crippen LogP contribution >= 0.6 is 11.6 Å². The van der Waals surface area contributed by atoms with Crippen molar-refractivity contribution in [3.63, 3.8) is 0 Å². The summed E-state index contributed by atoms with van der Waals surface area (Å²) in [5, 5.41) is -0.550. The second-order valence-corrected chi connectivity index (χ2v) is 7.37. The predicted molar refractivity (Wildman–Crippen MR) is 97.5 cm³/mol. The fourth-order valence-corrected chi connectivity index (χ4v) is 4.26. The first-order valence-electron chi connectivity index (χ1n) is 8.93. The van der Waals surface area contributed by atoms with Gasteiger partial charge in [0, 0.05) is 31.2 Å². The van der Waals surface area contributed by atoms with Crippen LogP contribution in [0.3, 0.4) is 0 Å². The maximum Gasteiger partial charge on any atom is 0.417 e. The molecule has 3 heterocycles. The first-order valence-corrected chi connectivity index (χ1v) is 9.31. The first-order chi connectivity index (χ1) is 13.4. The van der Waals surface area contributed by atoms with E-state index in [0.29, 0.717) is 19.5 Å². The third kappa shape index (κ3) is 3.47. The molecule has 2 N–H and O–H groups in total. The van der Waals surface area contributed by atoms with Gasteiger partial charge in [0.25, 0.3) is 5.91 Å². The van der Waals surface area contributed by atoms with E-state index < -0.39 is 22.7 Å². The Morgan fingerprint density at radius 3 is 2.71 bits per heavy atom. The Balaban J connectivity index is 1.51. The maximum atomic E-state index is 13.1. The van der Waals surface area contributed by atoms with E-state index in [2.05, 4.69) is 15.8 Å². The molecule has 0 saturated carbocycles. The number of halogens is 4. The SMILES string of the molecule is O=C(c1cccc(C(F)(F)F)c1Cl)N1CCC2C(C1)NNC2c1ccccn1. The van der Waals surface area contributed by atoms with Gasteiger partial charge in [-0.05, 0) is 30.7 Å². The molecule has 4 rings (SSSR count). The van der Waals surface area contributed by atoms with Crippen LogP contribution in [0.15, 0.2) is 42.6 Å². The highest BCUT2D eigenvalue weighted by molar-refractivity contribution is 6.34. The number of benzene rings is 1. The van der Waals surface area contributed by atoms with Crippen molar-refractivity contribution in [3.05, 3.63) is 64.4 Å². The van der Waals surface area contributed by atoms with Crippen molar-refractivity contribution < 1.29 is 18.0 Å². The lowest BCUT2D eigenvalue weighted by molar-refractivity contribution is -0.137. The molecule has 0 bridgehead atoms. The number of fused-ring (bicyclic) bond motifs is 1. The molecule has 9 heteroatoms. The second-order valence-electron chi connectivity index (χ2n) is 7.00. The van der Waals surface area contributed by atoms with Crippen LogP contribution in [0.4, 0.5) is 13.2 Å². The molecule has 1 aromatic carbocycles. The molecule has 2 aliphatic heterocycles. The summed E-state index contributed by atoms with van der Waals surface area (Å²) in [6.45, 7) is 0.825. The summed E-state index contributed by atoms with van der Waals surface area (Å²) in [6.07, 6.45) is -2.17. The highest BCUT2D eigenvalue weighted by Crippen LogP contribution is 2.38. The van der Waals surface area contributed by atoms with E-state index in [1.165, 1.54) is 12.1 Å². The van der Waals surface area contributed by atoms with Gasteiger partial charge in [-0.25, -0.2) is 5.43 Å². The minimum atomic E-state index is -4.60. The standard InChI is InChI=1S/C19H18ClF3N4O/c20-16-12(4-3-5-13(16)19(21,22)23)18(28)27-9-7-11-15(10-27)25-26-17(11)14-6-1-2-8-24-14/h1-6,8,11,15,17,25-26H,7,9-10H2. The Bertz CT molecular complexity index is 877. The minimum absolute atomic E-state index is 0.0192. The Morgan fingerprint density at radius 1 is 1.18 bits per heavy atom. The largest absolute Gasteiger partial charge is 0.417 e. The molecule has 0 spiro atoms. The molecule has 0 aliphatic carbocycles. The average molecular weight is 411 g/mol. The normalized spacial score (nSPS) is 24.9. The number of pyridine rings is 1. The molecule has 5 nitrogen and oxygen atoms in total. The van der Waals surface area contributed by atoms with Crippen LogP contribution in [0.25, 0.3) is 0 Å². The van der Waals surface area contributed by atoms with Crippen LogP contribution in [0.1, 0.15) is 34.1 Å². The topological polar surface area (TPSA) is 57.3 Å². The highest BCUT2D eigenvalue weighted by atomic mass is 35.5. The van der Waals surface area contributed by atoms with Gasteiger partial charge in [0.2, 0.25) is 0 Å². The molecule has 3 atom stereocenters. The third-order valence-corrected chi connectivity index (χ3v) is 5.75. The molecule has 2 saturated heterocycles. The average Bonchev–Trinajstić information content (AvgIpc) is 3.10. The van der Waals surface area contributed by atoms with Gasteiger partial charge in [-0.3, -0.25) is 15.2 Å². The van der Waals surface area contributed by atoms with Crippen molar-refractivity contribution >= 4 is 17.5 Å². The van der Waals surface area contributed by atoms with E-state index in [-0.39, 0.29) is 23.6 Å². The van der Waals surface area contributed by atoms with Gasteiger partial charge in [-0.2, -0.15) is 13.2 Å². The fraction of sp³-hybridized carbons (Fsp3) is 0.368. The number of nitrogens with one attached hydrogen (secondary N) is 2. The quantitative estimate of drug-likeness (QED) is 0.796. The molecule has 28 heavy (non-hydrogen) atoms. The van der Waals surface area contributed by atoms with Gasteiger partial charge in [0.05, 0.1) is 27.9 Å². The Kier molecular flexibility index (Phi) is 5.03. The number of carbonyl (C=O) groups excluding carboxylic acids is 1. The van der Waals surface area contributed by atoms with E-state index in [9.17, 15) is 18.0 Å². The van der Waals surface area contributed by atoms with Crippen molar-refractivity contribution in [1.29, 1.82) is 0 Å². The second kappa shape index (κ2) is 7.35. The number of hydrazine groups is 1. The number of amides is 1. The number of nitrogens with zero attached hydrogens (tertiary/aromatic N) is 2. The van der Waals surface area contributed by atoms with Gasteiger partial charge >= 0.3 is 6.18 Å². The Labute approximate surface area is 164 Å². The zero-order valence-corrected chi connectivity index (χ0v) is 15.5. The third-order valence-electron chi connectivity index (χ3n) is 5.35. The number of likely N-dealkylation sites (tertiary alicyclic amines) is 1. The molecule has 2 aromatic rings. The van der Waals surface area contributed by atoms with E-state index in [1.54, 1.807) is 11.1 Å². The van der Waals surface area contributed by atoms with Gasteiger partial charge in [0.1, 0.15) is 0 Å².